The molecule has 494 valence electrons. The van der Waals surface area contributed by atoms with E-state index in [0.29, 0.717) is 19.3 Å². The largest absolute Gasteiger partial charge is 0.394 e. The summed E-state index contributed by atoms with van der Waals surface area (Å²) in [5, 5.41) is 76.5. The molecule has 11 heteroatoms. The van der Waals surface area contributed by atoms with E-state index in [1.54, 1.807) is 0 Å². The van der Waals surface area contributed by atoms with Crippen LogP contribution in [0.3, 0.4) is 0 Å². The van der Waals surface area contributed by atoms with Gasteiger partial charge in [0.2, 0.25) is 5.91 Å². The van der Waals surface area contributed by atoms with Crippen LogP contribution in [0.1, 0.15) is 341 Å². The van der Waals surface area contributed by atoms with E-state index in [2.05, 4.69) is 67.8 Å². The Hall–Kier alpha value is -1.93. The number of aliphatic hydroxyl groups excluding tert-OH is 7. The Kier molecular flexibility index (Phi) is 58.5. The van der Waals surface area contributed by atoms with Crippen molar-refractivity contribution < 1.29 is 50.0 Å². The van der Waals surface area contributed by atoms with E-state index in [9.17, 15) is 40.5 Å². The van der Waals surface area contributed by atoms with Gasteiger partial charge in [0.25, 0.3) is 0 Å². The highest BCUT2D eigenvalue weighted by molar-refractivity contribution is 5.80. The second-order valence-electron chi connectivity index (χ2n) is 25.3. The molecule has 0 radical (unpaired) electrons. The molecule has 1 saturated heterocycles. The first-order valence-electron chi connectivity index (χ1n) is 36.0. The Balaban J connectivity index is 2.24. The Morgan fingerprint density at radius 1 is 0.405 bits per heavy atom. The van der Waals surface area contributed by atoms with Gasteiger partial charge in [0.1, 0.15) is 36.6 Å². The summed E-state index contributed by atoms with van der Waals surface area (Å²) in [6.45, 7) is 3.49. The molecular weight excluding hydrogens is 1050 g/mol. The van der Waals surface area contributed by atoms with E-state index in [1.165, 1.54) is 250 Å². The SMILES string of the molecule is CCCCCCCCCCCCCC/C=C\CCCCCCCCCCCCCC(O)C(=O)NC(COC1OC(CO)C(O)C(O)C1O)C(O)C(O)CCC/C=C/CC/C=C/CC/C=C/CCCCCCCCCCCCCCCCCCC. The Labute approximate surface area is 517 Å². The molecule has 0 aromatic heterocycles. The molecule has 1 rings (SSSR count). The van der Waals surface area contributed by atoms with Gasteiger partial charge in [0.05, 0.1) is 25.4 Å². The maximum atomic E-state index is 13.3. The highest BCUT2D eigenvalue weighted by atomic mass is 16.7. The number of nitrogens with one attached hydrogen (secondary N) is 1. The molecule has 0 bridgehead atoms. The minimum absolute atomic E-state index is 0.241. The zero-order valence-corrected chi connectivity index (χ0v) is 54.6. The Morgan fingerprint density at radius 3 is 1.06 bits per heavy atom. The van der Waals surface area contributed by atoms with E-state index < -0.39 is 74.2 Å². The number of amides is 1. The van der Waals surface area contributed by atoms with Crippen molar-refractivity contribution in [2.45, 2.75) is 396 Å². The zero-order chi connectivity index (χ0) is 61.0. The number of unbranched alkanes of at least 4 members (excludes halogenated alkanes) is 43. The Bertz CT molecular complexity index is 1510. The second-order valence-corrected chi connectivity index (χ2v) is 25.3. The van der Waals surface area contributed by atoms with Gasteiger partial charge in [-0.05, 0) is 89.9 Å². The molecular formula is C73H137NO10. The first-order chi connectivity index (χ1) is 41.2. The van der Waals surface area contributed by atoms with Gasteiger partial charge in [-0.3, -0.25) is 4.79 Å². The summed E-state index contributed by atoms with van der Waals surface area (Å²) in [7, 11) is 0. The van der Waals surface area contributed by atoms with E-state index in [0.717, 1.165) is 44.9 Å². The molecule has 84 heavy (non-hydrogen) atoms. The maximum Gasteiger partial charge on any atom is 0.249 e. The quantitative estimate of drug-likeness (QED) is 0.0215. The number of aliphatic hydroxyl groups is 7. The third-order valence-electron chi connectivity index (χ3n) is 17.3. The molecule has 0 saturated carbocycles. The number of carbonyl (C=O) groups excluding carboxylic acids is 1. The van der Waals surface area contributed by atoms with Gasteiger partial charge >= 0.3 is 0 Å². The number of hydrogen-bond donors (Lipinski definition) is 8. The van der Waals surface area contributed by atoms with E-state index in [-0.39, 0.29) is 12.8 Å². The van der Waals surface area contributed by atoms with Crippen LogP contribution in [0.25, 0.3) is 0 Å². The van der Waals surface area contributed by atoms with Crippen LogP contribution in [0.15, 0.2) is 48.6 Å². The number of carbonyl (C=O) groups is 1. The van der Waals surface area contributed by atoms with Gasteiger partial charge in [0.15, 0.2) is 6.29 Å². The normalized spacial score (nSPS) is 19.2. The van der Waals surface area contributed by atoms with Crippen LogP contribution < -0.4 is 5.32 Å². The Morgan fingerprint density at radius 2 is 0.714 bits per heavy atom. The third kappa shape index (κ3) is 48.1. The average molecular weight is 1190 g/mol. The first-order valence-corrected chi connectivity index (χ1v) is 36.0. The highest BCUT2D eigenvalue weighted by Gasteiger charge is 2.44. The van der Waals surface area contributed by atoms with Crippen LogP contribution in [-0.4, -0.2) is 110 Å². The molecule has 11 nitrogen and oxygen atoms in total. The smallest absolute Gasteiger partial charge is 0.249 e. The third-order valence-corrected chi connectivity index (χ3v) is 17.3. The average Bonchev–Trinajstić information content (AvgIpc) is 3.66. The topological polar surface area (TPSA) is 189 Å². The van der Waals surface area contributed by atoms with Gasteiger partial charge in [-0.15, -0.1) is 0 Å². The minimum Gasteiger partial charge on any atom is -0.394 e. The van der Waals surface area contributed by atoms with Crippen LogP contribution >= 0.6 is 0 Å². The number of ether oxygens (including phenoxy) is 2. The number of rotatable bonds is 63. The van der Waals surface area contributed by atoms with Crippen LogP contribution in [-0.2, 0) is 14.3 Å². The molecule has 9 unspecified atom stereocenters. The predicted octanol–water partition coefficient (Wildman–Crippen LogP) is 17.5. The van der Waals surface area contributed by atoms with Crippen molar-refractivity contribution in [1.82, 2.24) is 5.32 Å². The highest BCUT2D eigenvalue weighted by Crippen LogP contribution is 2.24. The van der Waals surface area contributed by atoms with Gasteiger partial charge in [-0.2, -0.15) is 0 Å². The van der Waals surface area contributed by atoms with Crippen LogP contribution in [0.4, 0.5) is 0 Å². The number of hydrogen-bond acceptors (Lipinski definition) is 10. The van der Waals surface area contributed by atoms with E-state index in [1.807, 2.05) is 0 Å². The summed E-state index contributed by atoms with van der Waals surface area (Å²) in [5.41, 5.74) is 0. The summed E-state index contributed by atoms with van der Waals surface area (Å²) < 4.78 is 11.2. The van der Waals surface area contributed by atoms with Crippen molar-refractivity contribution in [3.63, 3.8) is 0 Å². The van der Waals surface area contributed by atoms with Crippen LogP contribution in [0.5, 0.6) is 0 Å². The van der Waals surface area contributed by atoms with Crippen molar-refractivity contribution in [1.29, 1.82) is 0 Å². The van der Waals surface area contributed by atoms with Gasteiger partial charge in [-0.1, -0.05) is 300 Å². The molecule has 1 aliphatic rings. The molecule has 1 aliphatic heterocycles. The molecule has 1 amide bonds. The molecule has 0 aromatic rings. The standard InChI is InChI=1S/C73H137NO10/c1-3-5-7-9-11-13-15-17-19-21-23-25-27-29-31-32-33-35-36-38-40-42-44-46-48-50-52-54-56-58-60-65(76)68(78)64(63-83-73-71(81)70(80)69(79)67(62-75)84-73)74-72(82)66(77)61-59-57-55-53-51-49-47-45-43-41-39-37-34-30-28-26-24-22-20-18-16-14-12-10-8-6-4-2/h30,34,36,38,44,46,52,54,64-71,73,75-81H,3-29,31-33,35,37,39-43,45,47-51,53,55-63H2,1-2H3,(H,74,82)/b34-30-,38-36+,46-44+,54-52+. The summed E-state index contributed by atoms with van der Waals surface area (Å²) in [5.74, 6) is -0.709. The van der Waals surface area contributed by atoms with E-state index in [4.69, 9.17) is 9.47 Å². The fraction of sp³-hybridized carbons (Fsp3) is 0.877. The van der Waals surface area contributed by atoms with Crippen molar-refractivity contribution in [2.24, 2.45) is 0 Å². The summed E-state index contributed by atoms with van der Waals surface area (Å²) in [6.07, 6.45) is 69.2. The molecule has 8 N–H and O–H groups in total. The molecule has 9 atom stereocenters. The fourth-order valence-corrected chi connectivity index (χ4v) is 11.5. The lowest BCUT2D eigenvalue weighted by atomic mass is 9.98. The van der Waals surface area contributed by atoms with Crippen molar-refractivity contribution in [3.8, 4) is 0 Å². The lowest BCUT2D eigenvalue weighted by molar-refractivity contribution is -0.303. The van der Waals surface area contributed by atoms with Gasteiger partial charge < -0.3 is 50.5 Å². The first kappa shape index (κ1) is 80.1. The summed E-state index contributed by atoms with van der Waals surface area (Å²) in [4.78, 5) is 13.3. The molecule has 0 aliphatic carbocycles. The lowest BCUT2D eigenvalue weighted by Crippen LogP contribution is -2.60. The predicted molar refractivity (Wildman–Crippen MR) is 353 cm³/mol. The number of allylic oxidation sites excluding steroid dienone is 8. The fourth-order valence-electron chi connectivity index (χ4n) is 11.5. The van der Waals surface area contributed by atoms with Crippen LogP contribution in [0, 0.1) is 0 Å². The van der Waals surface area contributed by atoms with Crippen molar-refractivity contribution in [3.05, 3.63) is 48.6 Å². The van der Waals surface area contributed by atoms with Gasteiger partial charge in [0, 0.05) is 0 Å². The van der Waals surface area contributed by atoms with Crippen molar-refractivity contribution >= 4 is 5.91 Å². The second kappa shape index (κ2) is 61.3. The molecule has 1 fully saturated rings. The molecule has 0 aromatic carbocycles. The van der Waals surface area contributed by atoms with Crippen molar-refractivity contribution in [2.75, 3.05) is 13.2 Å². The van der Waals surface area contributed by atoms with E-state index >= 15 is 0 Å². The lowest BCUT2D eigenvalue weighted by Gasteiger charge is -2.40. The molecule has 0 spiro atoms. The molecule has 1 heterocycles. The monoisotopic (exact) mass is 1190 g/mol. The zero-order valence-electron chi connectivity index (χ0n) is 54.6. The maximum absolute atomic E-state index is 13.3. The van der Waals surface area contributed by atoms with Gasteiger partial charge in [-0.25, -0.2) is 0 Å². The summed E-state index contributed by atoms with van der Waals surface area (Å²) in [6, 6.07) is -1.20. The van der Waals surface area contributed by atoms with Crippen LogP contribution in [0.2, 0.25) is 0 Å². The summed E-state index contributed by atoms with van der Waals surface area (Å²) >= 11 is 0. The minimum atomic E-state index is -1.68.